The lowest BCUT2D eigenvalue weighted by atomic mass is 9.89. The highest BCUT2D eigenvalue weighted by Crippen LogP contribution is 2.27. The van der Waals surface area contributed by atoms with Crippen molar-refractivity contribution in [1.29, 1.82) is 0 Å². The quantitative estimate of drug-likeness (QED) is 0.691. The van der Waals surface area contributed by atoms with Crippen molar-refractivity contribution in [2.45, 2.75) is 62.8 Å². The Hall–Kier alpha value is -1.89. The second-order valence-corrected chi connectivity index (χ2v) is 10.9. The number of nitrogens with one attached hydrogen (secondary N) is 1. The Morgan fingerprint density at radius 1 is 0.968 bits per heavy atom. The second-order valence-electron chi connectivity index (χ2n) is 8.54. The maximum Gasteiger partial charge on any atom is 0.253 e. The first-order valence-electron chi connectivity index (χ1n) is 11.1. The monoisotopic (exact) mass is 460 g/mol. The van der Waals surface area contributed by atoms with Gasteiger partial charge in [-0.05, 0) is 80.3 Å². The van der Waals surface area contributed by atoms with Crippen molar-refractivity contribution in [3.05, 3.63) is 63.7 Å². The molecule has 1 aliphatic carbocycles. The first kappa shape index (κ1) is 22.3. The van der Waals surface area contributed by atoms with Crippen LogP contribution in [-0.4, -0.2) is 31.7 Å². The number of hydrogen-bond acceptors (Lipinski definition) is 3. The first-order valence-corrected chi connectivity index (χ1v) is 12.9. The van der Waals surface area contributed by atoms with Crippen molar-refractivity contribution >= 4 is 27.5 Å². The Morgan fingerprint density at radius 3 is 2.42 bits per heavy atom. The molecule has 0 saturated carbocycles. The van der Waals surface area contributed by atoms with Crippen LogP contribution in [0.1, 0.15) is 72.1 Å². The molecular formula is C24H29ClN2O3S. The van der Waals surface area contributed by atoms with Gasteiger partial charge in [-0.25, -0.2) is 8.42 Å². The molecule has 1 heterocycles. The van der Waals surface area contributed by atoms with Gasteiger partial charge in [0.05, 0.1) is 21.5 Å². The second kappa shape index (κ2) is 9.31. The highest BCUT2D eigenvalue weighted by molar-refractivity contribution is 7.89. The van der Waals surface area contributed by atoms with E-state index >= 15 is 0 Å². The van der Waals surface area contributed by atoms with Crippen LogP contribution in [0.4, 0.5) is 0 Å². The third-order valence-corrected chi connectivity index (χ3v) is 8.58. The average molecular weight is 461 g/mol. The summed E-state index contributed by atoms with van der Waals surface area (Å²) < 4.78 is 27.5. The predicted molar refractivity (Wildman–Crippen MR) is 123 cm³/mol. The lowest BCUT2D eigenvalue weighted by Gasteiger charge is -2.26. The summed E-state index contributed by atoms with van der Waals surface area (Å²) in [5.41, 5.74) is 3.98. The van der Waals surface area contributed by atoms with Crippen LogP contribution in [-0.2, 0) is 22.9 Å². The van der Waals surface area contributed by atoms with Crippen LogP contribution in [0.2, 0.25) is 5.02 Å². The smallest absolute Gasteiger partial charge is 0.253 e. The molecule has 31 heavy (non-hydrogen) atoms. The van der Waals surface area contributed by atoms with Gasteiger partial charge in [0.1, 0.15) is 0 Å². The highest BCUT2D eigenvalue weighted by Gasteiger charge is 2.27. The summed E-state index contributed by atoms with van der Waals surface area (Å²) in [5.74, 6) is -0.370. The molecule has 5 nitrogen and oxygen atoms in total. The van der Waals surface area contributed by atoms with Gasteiger partial charge in [0.25, 0.3) is 5.91 Å². The van der Waals surface area contributed by atoms with Gasteiger partial charge in [-0.15, -0.1) is 0 Å². The molecule has 2 aromatic rings. The maximum absolute atomic E-state index is 13.0. The van der Waals surface area contributed by atoms with Crippen LogP contribution in [0.25, 0.3) is 0 Å². The van der Waals surface area contributed by atoms with Gasteiger partial charge in [0.2, 0.25) is 10.0 Å². The van der Waals surface area contributed by atoms with Gasteiger partial charge in [0.15, 0.2) is 0 Å². The van der Waals surface area contributed by atoms with Gasteiger partial charge >= 0.3 is 0 Å². The fraction of sp³-hybridized carbons (Fsp3) is 0.458. The Labute approximate surface area is 189 Å². The van der Waals surface area contributed by atoms with E-state index in [1.165, 1.54) is 46.5 Å². The number of aryl methyl sites for hydroxylation is 2. The number of carbonyl (C=O) groups excluding carboxylic acids is 1. The number of halogens is 1. The number of amides is 1. The van der Waals surface area contributed by atoms with E-state index in [-0.39, 0.29) is 27.4 Å². The van der Waals surface area contributed by atoms with E-state index in [1.54, 1.807) is 0 Å². The first-order chi connectivity index (χ1) is 14.9. The minimum absolute atomic E-state index is 0.116. The van der Waals surface area contributed by atoms with E-state index in [0.29, 0.717) is 13.1 Å². The molecule has 166 valence electrons. The summed E-state index contributed by atoms with van der Waals surface area (Å²) >= 11 is 6.28. The molecule has 2 aliphatic rings. The molecule has 1 saturated heterocycles. The molecule has 1 amide bonds. The lowest BCUT2D eigenvalue weighted by molar-refractivity contribution is 0.0940. The molecular weight excluding hydrogens is 432 g/mol. The fourth-order valence-corrected chi connectivity index (χ4v) is 6.22. The summed E-state index contributed by atoms with van der Waals surface area (Å²) in [6.45, 7) is 2.97. The molecule has 1 N–H and O–H groups in total. The molecule has 4 rings (SSSR count). The molecule has 1 atom stereocenters. The zero-order valence-corrected chi connectivity index (χ0v) is 19.4. The van der Waals surface area contributed by atoms with Crippen LogP contribution in [0.5, 0.6) is 0 Å². The lowest BCUT2D eigenvalue weighted by Crippen LogP contribution is -2.35. The number of benzene rings is 2. The van der Waals surface area contributed by atoms with Crippen LogP contribution >= 0.6 is 11.6 Å². The van der Waals surface area contributed by atoms with E-state index in [0.717, 1.165) is 37.7 Å². The summed E-state index contributed by atoms with van der Waals surface area (Å²) in [6.07, 6.45) is 7.38. The molecule has 0 bridgehead atoms. The van der Waals surface area contributed by atoms with E-state index in [9.17, 15) is 13.2 Å². The average Bonchev–Trinajstić information content (AvgIpc) is 2.79. The minimum atomic E-state index is -3.63. The van der Waals surface area contributed by atoms with Gasteiger partial charge < -0.3 is 5.32 Å². The van der Waals surface area contributed by atoms with E-state index < -0.39 is 10.0 Å². The van der Waals surface area contributed by atoms with E-state index in [2.05, 4.69) is 23.5 Å². The van der Waals surface area contributed by atoms with E-state index in [1.807, 2.05) is 6.92 Å². The van der Waals surface area contributed by atoms with Crippen LogP contribution in [0, 0.1) is 0 Å². The Balaban J connectivity index is 1.53. The number of fused-ring (bicyclic) bond motifs is 1. The number of rotatable bonds is 5. The summed E-state index contributed by atoms with van der Waals surface area (Å²) in [4.78, 5) is 13.1. The molecule has 7 heteroatoms. The topological polar surface area (TPSA) is 66.5 Å². The zero-order valence-electron chi connectivity index (χ0n) is 17.9. The van der Waals surface area contributed by atoms with Crippen molar-refractivity contribution in [2.24, 2.45) is 0 Å². The van der Waals surface area contributed by atoms with Gasteiger partial charge in [-0.3, -0.25) is 4.79 Å². The van der Waals surface area contributed by atoms with Gasteiger partial charge in [0, 0.05) is 13.1 Å². The van der Waals surface area contributed by atoms with Crippen LogP contribution < -0.4 is 5.32 Å². The molecule has 0 aromatic heterocycles. The Bertz CT molecular complexity index is 1080. The largest absolute Gasteiger partial charge is 0.345 e. The number of carbonyl (C=O) groups is 1. The third kappa shape index (κ3) is 4.81. The predicted octanol–water partition coefficient (Wildman–Crippen LogP) is 4.88. The van der Waals surface area contributed by atoms with Crippen molar-refractivity contribution in [3.8, 4) is 0 Å². The molecule has 0 unspecified atom stereocenters. The van der Waals surface area contributed by atoms with E-state index in [4.69, 9.17) is 11.6 Å². The Morgan fingerprint density at radius 2 is 1.68 bits per heavy atom. The molecule has 1 aliphatic heterocycles. The number of sulfonamides is 1. The summed E-state index contributed by atoms with van der Waals surface area (Å²) in [6, 6.07) is 10.6. The van der Waals surface area contributed by atoms with Crippen molar-refractivity contribution < 1.29 is 13.2 Å². The molecule has 0 radical (unpaired) electrons. The van der Waals surface area contributed by atoms with Gasteiger partial charge in [-0.2, -0.15) is 4.31 Å². The standard InChI is InChI=1S/C24H29ClN2O3S/c1-17(19-10-9-18-7-3-4-8-20(18)15-19)26-24(28)22-16-21(11-12-23(22)25)31(29,30)27-13-5-2-6-14-27/h9-12,15-17H,2-8,13-14H2,1H3,(H,26,28)/t17-/m1/s1. The molecule has 1 fully saturated rings. The van der Waals surface area contributed by atoms with Crippen LogP contribution in [0.3, 0.4) is 0 Å². The number of hydrogen-bond donors (Lipinski definition) is 1. The third-order valence-electron chi connectivity index (χ3n) is 6.36. The maximum atomic E-state index is 13.0. The molecule has 2 aromatic carbocycles. The zero-order chi connectivity index (χ0) is 22.0. The van der Waals surface area contributed by atoms with Gasteiger partial charge in [-0.1, -0.05) is 36.2 Å². The number of nitrogens with zero attached hydrogens (tertiary/aromatic N) is 1. The molecule has 0 spiro atoms. The van der Waals surface area contributed by atoms with Crippen molar-refractivity contribution in [1.82, 2.24) is 9.62 Å². The summed E-state index contributed by atoms with van der Waals surface area (Å²) in [5, 5.41) is 3.23. The SMILES string of the molecule is C[C@@H](NC(=O)c1cc(S(=O)(=O)N2CCCCC2)ccc1Cl)c1ccc2c(c1)CCCC2. The fourth-order valence-electron chi connectivity index (χ4n) is 4.47. The van der Waals surface area contributed by atoms with Crippen LogP contribution in [0.15, 0.2) is 41.3 Å². The highest BCUT2D eigenvalue weighted by atomic mass is 35.5. The van der Waals surface area contributed by atoms with Crippen molar-refractivity contribution in [3.63, 3.8) is 0 Å². The Kier molecular flexibility index (Phi) is 6.70. The summed E-state index contributed by atoms with van der Waals surface area (Å²) in [7, 11) is -3.63. The number of piperidine rings is 1. The normalized spacial score (nSPS) is 18.3. The minimum Gasteiger partial charge on any atom is -0.345 e. The van der Waals surface area contributed by atoms with Crippen molar-refractivity contribution in [2.75, 3.05) is 13.1 Å².